The second-order valence-electron chi connectivity index (χ2n) is 3.06. The van der Waals surface area contributed by atoms with Gasteiger partial charge in [-0.2, -0.15) is 0 Å². The number of ether oxygens (including phenoxy) is 1. The smallest absolute Gasteiger partial charge is 0.216 e. The van der Waals surface area contributed by atoms with Gasteiger partial charge in [0.05, 0.1) is 25.2 Å². The van der Waals surface area contributed by atoms with Crippen molar-refractivity contribution in [2.75, 3.05) is 26.4 Å². The topological polar surface area (TPSA) is 58.6 Å². The summed E-state index contributed by atoms with van der Waals surface area (Å²) in [7, 11) is 0. The molecule has 11 heavy (non-hydrogen) atoms. The molecule has 1 heterocycles. The van der Waals surface area contributed by atoms with Crippen LogP contribution in [-0.2, 0) is 9.53 Å². The third-order valence-corrected chi connectivity index (χ3v) is 1.86. The maximum atomic E-state index is 10.5. The molecule has 1 fully saturated rings. The maximum Gasteiger partial charge on any atom is 0.216 e. The van der Waals surface area contributed by atoms with Gasteiger partial charge < -0.3 is 15.2 Å². The van der Waals surface area contributed by atoms with Crippen molar-refractivity contribution < 1.29 is 14.6 Å². The molecule has 0 aliphatic carbocycles. The summed E-state index contributed by atoms with van der Waals surface area (Å²) in [6, 6.07) is 0. The first-order valence-corrected chi connectivity index (χ1v) is 3.62. The molecular weight excluding hydrogens is 146 g/mol. The van der Waals surface area contributed by atoms with Gasteiger partial charge in [-0.05, 0) is 0 Å². The fourth-order valence-electron chi connectivity index (χ4n) is 0.952. The van der Waals surface area contributed by atoms with Crippen molar-refractivity contribution in [3.8, 4) is 0 Å². The fourth-order valence-corrected chi connectivity index (χ4v) is 0.952. The van der Waals surface area contributed by atoms with Crippen molar-refractivity contribution in [2.45, 2.75) is 6.92 Å². The Hall–Kier alpha value is -0.610. The Morgan fingerprint density at radius 1 is 1.73 bits per heavy atom. The molecule has 64 valence electrons. The molecule has 0 aromatic carbocycles. The molecule has 0 aromatic heterocycles. The highest BCUT2D eigenvalue weighted by molar-refractivity contribution is 5.72. The van der Waals surface area contributed by atoms with Crippen molar-refractivity contribution in [3.63, 3.8) is 0 Å². The van der Waals surface area contributed by atoms with Crippen LogP contribution in [0.15, 0.2) is 0 Å². The highest BCUT2D eigenvalue weighted by atomic mass is 16.5. The van der Waals surface area contributed by atoms with Crippen LogP contribution in [-0.4, -0.2) is 37.4 Å². The lowest BCUT2D eigenvalue weighted by atomic mass is 9.87. The third kappa shape index (κ3) is 1.91. The summed E-state index contributed by atoms with van der Waals surface area (Å²) in [6.45, 7) is 3.14. The summed E-state index contributed by atoms with van der Waals surface area (Å²) < 4.78 is 4.95. The van der Waals surface area contributed by atoms with Crippen molar-refractivity contribution in [1.29, 1.82) is 0 Å². The molecule has 0 radical (unpaired) electrons. The van der Waals surface area contributed by atoms with Gasteiger partial charge in [0.15, 0.2) is 0 Å². The molecule has 2 N–H and O–H groups in total. The van der Waals surface area contributed by atoms with E-state index in [9.17, 15) is 4.79 Å². The minimum atomic E-state index is -0.203. The van der Waals surface area contributed by atoms with Crippen LogP contribution in [0.1, 0.15) is 6.92 Å². The van der Waals surface area contributed by atoms with Gasteiger partial charge in [0, 0.05) is 13.5 Å². The van der Waals surface area contributed by atoms with E-state index >= 15 is 0 Å². The molecule has 0 spiro atoms. The highest BCUT2D eigenvalue weighted by Gasteiger charge is 2.37. The van der Waals surface area contributed by atoms with Gasteiger partial charge in [0.2, 0.25) is 5.91 Å². The molecule has 1 aliphatic heterocycles. The van der Waals surface area contributed by atoms with Crippen molar-refractivity contribution in [2.24, 2.45) is 5.41 Å². The SMILES string of the molecule is CC(=O)NCC1(CO)COC1. The minimum absolute atomic E-state index is 0.0651. The Labute approximate surface area is 65.5 Å². The predicted octanol–water partition coefficient (Wildman–Crippen LogP) is -0.869. The fraction of sp³-hybridized carbons (Fsp3) is 0.857. The molecule has 0 atom stereocenters. The van der Waals surface area contributed by atoms with Crippen LogP contribution in [0.25, 0.3) is 0 Å². The van der Waals surface area contributed by atoms with Crippen LogP contribution in [0.5, 0.6) is 0 Å². The van der Waals surface area contributed by atoms with Crippen LogP contribution in [0.4, 0.5) is 0 Å². The number of rotatable bonds is 3. The van der Waals surface area contributed by atoms with E-state index in [-0.39, 0.29) is 17.9 Å². The quantitative estimate of drug-likeness (QED) is 0.563. The number of carbonyl (C=O) groups is 1. The van der Waals surface area contributed by atoms with Gasteiger partial charge in [-0.15, -0.1) is 0 Å². The normalized spacial score (nSPS) is 20.5. The van der Waals surface area contributed by atoms with Crippen molar-refractivity contribution >= 4 is 5.91 Å². The second kappa shape index (κ2) is 3.19. The van der Waals surface area contributed by atoms with Gasteiger partial charge in [0.1, 0.15) is 0 Å². The molecule has 4 heteroatoms. The van der Waals surface area contributed by atoms with E-state index in [1.165, 1.54) is 6.92 Å². The molecule has 1 saturated heterocycles. The molecule has 1 rings (SSSR count). The number of aliphatic hydroxyl groups excluding tert-OH is 1. The lowest BCUT2D eigenvalue weighted by Gasteiger charge is -2.39. The van der Waals surface area contributed by atoms with Crippen molar-refractivity contribution in [3.05, 3.63) is 0 Å². The number of nitrogens with one attached hydrogen (secondary N) is 1. The van der Waals surface area contributed by atoms with E-state index in [0.717, 1.165) is 0 Å². The summed E-state index contributed by atoms with van der Waals surface area (Å²) in [5, 5.41) is 11.6. The van der Waals surface area contributed by atoms with Gasteiger partial charge in [-0.1, -0.05) is 0 Å². The second-order valence-corrected chi connectivity index (χ2v) is 3.06. The van der Waals surface area contributed by atoms with Gasteiger partial charge in [-0.25, -0.2) is 0 Å². The third-order valence-electron chi connectivity index (χ3n) is 1.86. The summed E-state index contributed by atoms with van der Waals surface area (Å²) in [4.78, 5) is 10.5. The number of hydrogen-bond donors (Lipinski definition) is 2. The zero-order valence-electron chi connectivity index (χ0n) is 6.59. The molecule has 0 aromatic rings. The summed E-state index contributed by atoms with van der Waals surface area (Å²) in [5.41, 5.74) is -0.203. The Morgan fingerprint density at radius 3 is 2.64 bits per heavy atom. The summed E-state index contributed by atoms with van der Waals surface area (Å²) >= 11 is 0. The molecule has 4 nitrogen and oxygen atoms in total. The number of aliphatic hydroxyl groups is 1. The molecule has 0 saturated carbocycles. The van der Waals surface area contributed by atoms with Crippen LogP contribution >= 0.6 is 0 Å². The Bertz CT molecular complexity index is 148. The zero-order valence-corrected chi connectivity index (χ0v) is 6.59. The first-order chi connectivity index (χ1) is 5.18. The Balaban J connectivity index is 2.27. The average Bonchev–Trinajstić information content (AvgIpc) is 1.86. The Kier molecular flexibility index (Phi) is 2.46. The van der Waals surface area contributed by atoms with Gasteiger partial charge >= 0.3 is 0 Å². The maximum absolute atomic E-state index is 10.5. The van der Waals surface area contributed by atoms with E-state index in [1.807, 2.05) is 0 Å². The van der Waals surface area contributed by atoms with Gasteiger partial charge in [0.25, 0.3) is 0 Å². The van der Waals surface area contributed by atoms with Crippen LogP contribution in [0, 0.1) is 5.41 Å². The Morgan fingerprint density at radius 2 is 2.36 bits per heavy atom. The average molecular weight is 159 g/mol. The molecule has 0 unspecified atom stereocenters. The molecule has 0 bridgehead atoms. The minimum Gasteiger partial charge on any atom is -0.396 e. The lowest BCUT2D eigenvalue weighted by molar-refractivity contribution is -0.139. The van der Waals surface area contributed by atoms with E-state index < -0.39 is 0 Å². The molecule has 1 amide bonds. The van der Waals surface area contributed by atoms with E-state index in [1.54, 1.807) is 0 Å². The van der Waals surface area contributed by atoms with Crippen molar-refractivity contribution in [1.82, 2.24) is 5.32 Å². The summed E-state index contributed by atoms with van der Waals surface area (Å²) in [6.07, 6.45) is 0. The number of amides is 1. The predicted molar refractivity (Wildman–Crippen MR) is 39.0 cm³/mol. The summed E-state index contributed by atoms with van der Waals surface area (Å²) in [5.74, 6) is -0.0651. The van der Waals surface area contributed by atoms with Crippen LogP contribution < -0.4 is 5.32 Å². The molecular formula is C7H13NO3. The zero-order chi connectivity index (χ0) is 8.32. The van der Waals surface area contributed by atoms with Crippen LogP contribution in [0.3, 0.4) is 0 Å². The van der Waals surface area contributed by atoms with Gasteiger partial charge in [-0.3, -0.25) is 4.79 Å². The highest BCUT2D eigenvalue weighted by Crippen LogP contribution is 2.25. The molecule has 1 aliphatic rings. The number of hydrogen-bond acceptors (Lipinski definition) is 3. The largest absolute Gasteiger partial charge is 0.396 e. The van der Waals surface area contributed by atoms with E-state index in [0.29, 0.717) is 19.8 Å². The van der Waals surface area contributed by atoms with E-state index in [4.69, 9.17) is 9.84 Å². The monoisotopic (exact) mass is 159 g/mol. The van der Waals surface area contributed by atoms with E-state index in [2.05, 4.69) is 5.32 Å². The standard InChI is InChI=1S/C7H13NO3/c1-6(10)8-2-7(3-9)4-11-5-7/h9H,2-5H2,1H3,(H,8,10). The first kappa shape index (κ1) is 8.49. The number of carbonyl (C=O) groups excluding carboxylic acids is 1. The first-order valence-electron chi connectivity index (χ1n) is 3.62. The lowest BCUT2D eigenvalue weighted by Crippen LogP contribution is -2.52. The van der Waals surface area contributed by atoms with Crippen LogP contribution in [0.2, 0.25) is 0 Å².